The number of fused-ring (bicyclic) bond motifs is 1. The van der Waals surface area contributed by atoms with Crippen molar-refractivity contribution in [2.24, 2.45) is 0 Å². The molecule has 3 aromatic heterocycles. The molecule has 0 bridgehead atoms. The van der Waals surface area contributed by atoms with Gasteiger partial charge in [-0.05, 0) is 30.2 Å². The summed E-state index contributed by atoms with van der Waals surface area (Å²) in [7, 11) is 1.59. The predicted molar refractivity (Wildman–Crippen MR) is 109 cm³/mol. The van der Waals surface area contributed by atoms with Gasteiger partial charge in [0, 0.05) is 31.2 Å². The fourth-order valence-electron chi connectivity index (χ4n) is 2.82. The number of benzene rings is 1. The van der Waals surface area contributed by atoms with Crippen LogP contribution in [-0.4, -0.2) is 38.6 Å². The van der Waals surface area contributed by atoms with Gasteiger partial charge in [-0.1, -0.05) is 6.07 Å². The summed E-state index contributed by atoms with van der Waals surface area (Å²) in [6.07, 6.45) is 6.87. The van der Waals surface area contributed by atoms with Crippen LogP contribution in [0.3, 0.4) is 0 Å². The minimum atomic E-state index is 0.387. The number of rotatable bonds is 7. The predicted octanol–water partition coefficient (Wildman–Crippen LogP) is 3.14. The van der Waals surface area contributed by atoms with Crippen LogP contribution in [0.25, 0.3) is 11.2 Å². The number of pyridine rings is 1. The fraction of sp³-hybridized carbons (Fsp3) is 0.143. The van der Waals surface area contributed by atoms with E-state index in [9.17, 15) is 0 Å². The number of nitriles is 1. The number of aromatic nitrogens is 5. The molecule has 0 atom stereocenters. The van der Waals surface area contributed by atoms with Crippen molar-refractivity contribution in [3.05, 3.63) is 66.4 Å². The standard InChI is InChI=1S/C21H17N7O2/c1-29-17-10-14(2-4-16(17)30-18-5-3-15(11-22)12-26-18)6-7-24-20-19-21(28-13-27-20)25-9-8-23-19/h2-5,8-10,12-13H,6-7H2,1H3,(H,24,25,27,28). The second-order valence-corrected chi connectivity index (χ2v) is 6.21. The molecule has 1 aromatic carbocycles. The van der Waals surface area contributed by atoms with Crippen LogP contribution in [0, 0.1) is 11.3 Å². The van der Waals surface area contributed by atoms with E-state index in [1.54, 1.807) is 31.6 Å². The topological polar surface area (TPSA) is 119 Å². The summed E-state index contributed by atoms with van der Waals surface area (Å²) >= 11 is 0. The van der Waals surface area contributed by atoms with Crippen molar-refractivity contribution < 1.29 is 9.47 Å². The van der Waals surface area contributed by atoms with Crippen LogP contribution in [0.1, 0.15) is 11.1 Å². The van der Waals surface area contributed by atoms with E-state index >= 15 is 0 Å². The lowest BCUT2D eigenvalue weighted by atomic mass is 10.1. The van der Waals surface area contributed by atoms with Gasteiger partial charge in [-0.3, -0.25) is 0 Å². The molecule has 0 saturated carbocycles. The number of nitrogens with zero attached hydrogens (tertiary/aromatic N) is 6. The van der Waals surface area contributed by atoms with Crippen molar-refractivity contribution in [3.63, 3.8) is 0 Å². The van der Waals surface area contributed by atoms with E-state index in [1.165, 1.54) is 12.5 Å². The SMILES string of the molecule is COc1cc(CCNc2ncnc3nccnc23)ccc1Oc1ccc(C#N)cn1. The molecule has 0 radical (unpaired) electrons. The lowest BCUT2D eigenvalue weighted by Crippen LogP contribution is -2.08. The van der Waals surface area contributed by atoms with Crippen LogP contribution < -0.4 is 14.8 Å². The molecule has 0 fully saturated rings. The van der Waals surface area contributed by atoms with Crippen LogP contribution in [0.15, 0.2) is 55.2 Å². The monoisotopic (exact) mass is 399 g/mol. The highest BCUT2D eigenvalue weighted by Crippen LogP contribution is 2.31. The van der Waals surface area contributed by atoms with E-state index in [-0.39, 0.29) is 0 Å². The number of hydrogen-bond donors (Lipinski definition) is 1. The molecule has 1 N–H and O–H groups in total. The van der Waals surface area contributed by atoms with Gasteiger partial charge in [0.1, 0.15) is 17.9 Å². The molecule has 3 heterocycles. The second-order valence-electron chi connectivity index (χ2n) is 6.21. The summed E-state index contributed by atoms with van der Waals surface area (Å²) < 4.78 is 11.2. The Labute approximate surface area is 172 Å². The third-order valence-electron chi connectivity index (χ3n) is 4.28. The van der Waals surface area contributed by atoms with Crippen molar-refractivity contribution >= 4 is 17.0 Å². The summed E-state index contributed by atoms with van der Waals surface area (Å²) in [5, 5.41) is 12.1. The molecule has 9 heteroatoms. The quantitative estimate of drug-likeness (QED) is 0.500. The summed E-state index contributed by atoms with van der Waals surface area (Å²) in [5.74, 6) is 2.17. The lowest BCUT2D eigenvalue weighted by Gasteiger charge is -2.12. The van der Waals surface area contributed by atoms with Gasteiger partial charge in [-0.25, -0.2) is 24.9 Å². The van der Waals surface area contributed by atoms with Gasteiger partial charge in [0.05, 0.1) is 12.7 Å². The fourth-order valence-corrected chi connectivity index (χ4v) is 2.82. The summed E-state index contributed by atoms with van der Waals surface area (Å²) in [6.45, 7) is 0.642. The Bertz CT molecular complexity index is 1200. The average Bonchev–Trinajstić information content (AvgIpc) is 2.80. The Morgan fingerprint density at radius 1 is 1.00 bits per heavy atom. The Kier molecular flexibility index (Phi) is 5.57. The Morgan fingerprint density at radius 2 is 1.90 bits per heavy atom. The summed E-state index contributed by atoms with van der Waals surface area (Å²) in [5.41, 5.74) is 2.72. The maximum absolute atomic E-state index is 8.86. The molecule has 0 aliphatic heterocycles. The number of ether oxygens (including phenoxy) is 2. The van der Waals surface area contributed by atoms with Crippen LogP contribution in [0.2, 0.25) is 0 Å². The smallest absolute Gasteiger partial charge is 0.219 e. The zero-order valence-electron chi connectivity index (χ0n) is 16.1. The first-order chi connectivity index (χ1) is 14.8. The summed E-state index contributed by atoms with van der Waals surface area (Å²) in [6, 6.07) is 11.0. The number of anilines is 1. The molecule has 4 aromatic rings. The van der Waals surface area contributed by atoms with Crippen molar-refractivity contribution in [1.29, 1.82) is 5.26 Å². The molecule has 0 saturated heterocycles. The van der Waals surface area contributed by atoms with E-state index in [4.69, 9.17) is 14.7 Å². The highest BCUT2D eigenvalue weighted by Gasteiger charge is 2.09. The second kappa shape index (κ2) is 8.79. The highest BCUT2D eigenvalue weighted by atomic mass is 16.5. The average molecular weight is 399 g/mol. The molecule has 0 amide bonds. The van der Waals surface area contributed by atoms with E-state index in [0.29, 0.717) is 46.5 Å². The molecule has 148 valence electrons. The third-order valence-corrected chi connectivity index (χ3v) is 4.28. The molecule has 0 aliphatic rings. The molecular formula is C21H17N7O2. The molecule has 0 unspecified atom stereocenters. The summed E-state index contributed by atoms with van der Waals surface area (Å²) in [4.78, 5) is 20.9. The van der Waals surface area contributed by atoms with Crippen molar-refractivity contribution in [1.82, 2.24) is 24.9 Å². The maximum Gasteiger partial charge on any atom is 0.219 e. The first kappa shape index (κ1) is 19.0. The van der Waals surface area contributed by atoms with E-state index in [0.717, 1.165) is 12.0 Å². The normalized spacial score (nSPS) is 10.4. The first-order valence-corrected chi connectivity index (χ1v) is 9.13. The Balaban J connectivity index is 1.43. The van der Waals surface area contributed by atoms with Gasteiger partial charge < -0.3 is 14.8 Å². The number of hydrogen-bond acceptors (Lipinski definition) is 9. The van der Waals surface area contributed by atoms with Crippen LogP contribution in [0.4, 0.5) is 5.82 Å². The molecule has 30 heavy (non-hydrogen) atoms. The molecule has 0 aliphatic carbocycles. The zero-order valence-corrected chi connectivity index (χ0v) is 16.1. The molecule has 0 spiro atoms. The number of nitrogens with one attached hydrogen (secondary N) is 1. The Hall–Kier alpha value is -4.32. The highest BCUT2D eigenvalue weighted by molar-refractivity contribution is 5.81. The van der Waals surface area contributed by atoms with Crippen molar-refractivity contribution in [2.75, 3.05) is 19.0 Å². The Morgan fingerprint density at radius 3 is 2.70 bits per heavy atom. The van der Waals surface area contributed by atoms with E-state index < -0.39 is 0 Å². The molecular weight excluding hydrogens is 382 g/mol. The van der Waals surface area contributed by atoms with Gasteiger partial charge in [0.2, 0.25) is 5.88 Å². The van der Waals surface area contributed by atoms with Gasteiger partial charge in [-0.2, -0.15) is 5.26 Å². The van der Waals surface area contributed by atoms with Crippen LogP contribution in [0.5, 0.6) is 17.4 Å². The van der Waals surface area contributed by atoms with Gasteiger partial charge in [0.25, 0.3) is 0 Å². The molecule has 4 rings (SSSR count). The van der Waals surface area contributed by atoms with Gasteiger partial charge in [0.15, 0.2) is 23.0 Å². The largest absolute Gasteiger partial charge is 0.493 e. The minimum absolute atomic E-state index is 0.387. The maximum atomic E-state index is 8.86. The minimum Gasteiger partial charge on any atom is -0.493 e. The van der Waals surface area contributed by atoms with Gasteiger partial charge in [-0.15, -0.1) is 0 Å². The first-order valence-electron chi connectivity index (χ1n) is 9.13. The molecule has 9 nitrogen and oxygen atoms in total. The van der Waals surface area contributed by atoms with Crippen molar-refractivity contribution in [2.45, 2.75) is 6.42 Å². The van der Waals surface area contributed by atoms with Crippen LogP contribution in [-0.2, 0) is 6.42 Å². The number of methoxy groups -OCH3 is 1. The zero-order chi connectivity index (χ0) is 20.8. The van der Waals surface area contributed by atoms with E-state index in [2.05, 4.69) is 30.2 Å². The van der Waals surface area contributed by atoms with E-state index in [1.807, 2.05) is 24.3 Å². The third kappa shape index (κ3) is 4.23. The van der Waals surface area contributed by atoms with Crippen molar-refractivity contribution in [3.8, 4) is 23.4 Å². The van der Waals surface area contributed by atoms with Crippen LogP contribution >= 0.6 is 0 Å². The van der Waals surface area contributed by atoms with Gasteiger partial charge >= 0.3 is 0 Å². The lowest BCUT2D eigenvalue weighted by molar-refractivity contribution is 0.373.